The van der Waals surface area contributed by atoms with Crippen LogP contribution >= 0.6 is 0 Å². The van der Waals surface area contributed by atoms with Crippen LogP contribution in [0.2, 0.25) is 0 Å². The molecule has 1 N–H and O–H groups in total. The average molecular weight is 238 g/mol. The third kappa shape index (κ3) is 2.66. The molecule has 1 aliphatic heterocycles. The van der Waals surface area contributed by atoms with Crippen molar-refractivity contribution >= 4 is 0 Å². The molecular formula is C12H22N4O. The first-order chi connectivity index (χ1) is 8.26. The smallest absolute Gasteiger partial charge is 0.138 e. The van der Waals surface area contributed by atoms with Crippen molar-refractivity contribution in [3.63, 3.8) is 0 Å². The fourth-order valence-corrected chi connectivity index (χ4v) is 2.72. The Balaban J connectivity index is 2.03. The third-order valence-electron chi connectivity index (χ3n) is 3.76. The molecular weight excluding hydrogens is 216 g/mol. The van der Waals surface area contributed by atoms with Crippen LogP contribution in [0.15, 0.2) is 6.33 Å². The van der Waals surface area contributed by atoms with Crippen LogP contribution in [0.1, 0.15) is 25.6 Å². The van der Waals surface area contributed by atoms with Crippen molar-refractivity contribution in [2.24, 2.45) is 13.0 Å². The highest BCUT2D eigenvalue weighted by molar-refractivity contribution is 4.94. The molecule has 3 atom stereocenters. The first-order valence-corrected chi connectivity index (χ1v) is 6.38. The van der Waals surface area contributed by atoms with Gasteiger partial charge in [0.1, 0.15) is 12.2 Å². The Morgan fingerprint density at radius 1 is 1.65 bits per heavy atom. The van der Waals surface area contributed by atoms with Gasteiger partial charge in [-0.1, -0.05) is 6.92 Å². The second-order valence-electron chi connectivity index (χ2n) is 4.67. The number of hydrogen-bond acceptors (Lipinski definition) is 4. The van der Waals surface area contributed by atoms with Crippen molar-refractivity contribution in [2.45, 2.75) is 38.3 Å². The molecule has 1 aromatic heterocycles. The lowest BCUT2D eigenvalue weighted by Gasteiger charge is -2.26. The Morgan fingerprint density at radius 2 is 2.47 bits per heavy atom. The number of aromatic nitrogens is 3. The summed E-state index contributed by atoms with van der Waals surface area (Å²) in [6.07, 6.45) is 5.15. The first-order valence-electron chi connectivity index (χ1n) is 6.38. The average Bonchev–Trinajstić information content (AvgIpc) is 2.95. The number of likely N-dealkylation sites (N-methyl/N-ethyl adjacent to an activating group) is 1. The molecule has 2 rings (SSSR count). The zero-order valence-corrected chi connectivity index (χ0v) is 10.9. The van der Waals surface area contributed by atoms with Gasteiger partial charge in [-0.15, -0.1) is 0 Å². The topological polar surface area (TPSA) is 52.0 Å². The van der Waals surface area contributed by atoms with Crippen LogP contribution in [0.3, 0.4) is 0 Å². The fourth-order valence-electron chi connectivity index (χ4n) is 2.72. The van der Waals surface area contributed by atoms with Gasteiger partial charge in [0.15, 0.2) is 0 Å². The van der Waals surface area contributed by atoms with Crippen molar-refractivity contribution in [2.75, 3.05) is 13.7 Å². The molecule has 0 aliphatic carbocycles. The number of ether oxygens (including phenoxy) is 1. The molecule has 1 saturated heterocycles. The quantitative estimate of drug-likeness (QED) is 0.823. The van der Waals surface area contributed by atoms with Crippen LogP contribution in [-0.4, -0.2) is 40.6 Å². The summed E-state index contributed by atoms with van der Waals surface area (Å²) in [5.41, 5.74) is 0. The predicted octanol–water partition coefficient (Wildman–Crippen LogP) is 0.761. The van der Waals surface area contributed by atoms with E-state index >= 15 is 0 Å². The van der Waals surface area contributed by atoms with E-state index in [2.05, 4.69) is 22.3 Å². The zero-order valence-electron chi connectivity index (χ0n) is 10.9. The van der Waals surface area contributed by atoms with Gasteiger partial charge in [0.05, 0.1) is 6.10 Å². The van der Waals surface area contributed by atoms with Gasteiger partial charge in [-0.3, -0.25) is 4.68 Å². The lowest BCUT2D eigenvalue weighted by molar-refractivity contribution is 0.0780. The molecule has 3 unspecified atom stereocenters. The molecule has 1 aromatic rings. The van der Waals surface area contributed by atoms with Crippen LogP contribution in [0.25, 0.3) is 0 Å². The molecule has 0 amide bonds. The molecule has 17 heavy (non-hydrogen) atoms. The van der Waals surface area contributed by atoms with Gasteiger partial charge in [0.2, 0.25) is 0 Å². The maximum Gasteiger partial charge on any atom is 0.138 e. The van der Waals surface area contributed by atoms with Crippen LogP contribution in [-0.2, 0) is 18.2 Å². The third-order valence-corrected chi connectivity index (χ3v) is 3.76. The Labute approximate surface area is 103 Å². The Morgan fingerprint density at radius 3 is 3.06 bits per heavy atom. The molecule has 96 valence electrons. The van der Waals surface area contributed by atoms with Crippen molar-refractivity contribution in [1.82, 2.24) is 20.1 Å². The van der Waals surface area contributed by atoms with Crippen molar-refractivity contribution < 1.29 is 4.74 Å². The molecule has 5 heteroatoms. The predicted molar refractivity (Wildman–Crippen MR) is 65.7 cm³/mol. The number of hydrogen-bond donors (Lipinski definition) is 1. The van der Waals surface area contributed by atoms with E-state index < -0.39 is 0 Å². The second kappa shape index (κ2) is 5.60. The van der Waals surface area contributed by atoms with Gasteiger partial charge in [-0.25, -0.2) is 4.98 Å². The van der Waals surface area contributed by atoms with Crippen molar-refractivity contribution in [1.29, 1.82) is 0 Å². The molecule has 1 aliphatic rings. The number of aryl methyl sites for hydroxylation is 1. The molecule has 2 heterocycles. The van der Waals surface area contributed by atoms with E-state index in [0.717, 1.165) is 31.7 Å². The van der Waals surface area contributed by atoms with E-state index in [0.29, 0.717) is 18.1 Å². The standard InChI is InChI=1S/C12H22N4O/c1-4-11-9(5-6-17-11)10(13-2)7-12-14-8-15-16(12)3/h8-11,13H,4-7H2,1-3H3. The summed E-state index contributed by atoms with van der Waals surface area (Å²) in [6.45, 7) is 3.08. The maximum atomic E-state index is 5.76. The summed E-state index contributed by atoms with van der Waals surface area (Å²) >= 11 is 0. The minimum Gasteiger partial charge on any atom is -0.378 e. The van der Waals surface area contributed by atoms with Gasteiger partial charge in [0, 0.05) is 32.0 Å². The first kappa shape index (κ1) is 12.5. The number of nitrogens with zero attached hydrogens (tertiary/aromatic N) is 3. The monoisotopic (exact) mass is 238 g/mol. The molecule has 1 fully saturated rings. The van der Waals surface area contributed by atoms with E-state index in [1.54, 1.807) is 6.33 Å². The Kier molecular flexibility index (Phi) is 4.12. The van der Waals surface area contributed by atoms with Gasteiger partial charge in [0.25, 0.3) is 0 Å². The van der Waals surface area contributed by atoms with Gasteiger partial charge in [-0.2, -0.15) is 5.10 Å². The second-order valence-corrected chi connectivity index (χ2v) is 4.67. The molecule has 0 radical (unpaired) electrons. The summed E-state index contributed by atoms with van der Waals surface area (Å²) in [6, 6.07) is 0.422. The maximum absolute atomic E-state index is 5.76. The van der Waals surface area contributed by atoms with Crippen molar-refractivity contribution in [3.05, 3.63) is 12.2 Å². The molecule has 0 bridgehead atoms. The van der Waals surface area contributed by atoms with Crippen LogP contribution in [0.5, 0.6) is 0 Å². The van der Waals surface area contributed by atoms with Gasteiger partial charge in [-0.05, 0) is 19.9 Å². The van der Waals surface area contributed by atoms with Crippen molar-refractivity contribution in [3.8, 4) is 0 Å². The summed E-state index contributed by atoms with van der Waals surface area (Å²) in [5.74, 6) is 1.62. The molecule has 0 saturated carbocycles. The van der Waals surface area contributed by atoms with E-state index in [1.807, 2.05) is 18.8 Å². The van der Waals surface area contributed by atoms with Gasteiger partial charge < -0.3 is 10.1 Å². The Hall–Kier alpha value is -0.940. The van der Waals surface area contributed by atoms with Crippen LogP contribution in [0.4, 0.5) is 0 Å². The summed E-state index contributed by atoms with van der Waals surface area (Å²) in [4.78, 5) is 4.30. The lowest BCUT2D eigenvalue weighted by Crippen LogP contribution is -2.40. The summed E-state index contributed by atoms with van der Waals surface area (Å²) < 4.78 is 7.61. The highest BCUT2D eigenvalue weighted by Gasteiger charge is 2.33. The minimum atomic E-state index is 0.390. The fraction of sp³-hybridized carbons (Fsp3) is 0.833. The lowest BCUT2D eigenvalue weighted by atomic mass is 9.89. The molecule has 5 nitrogen and oxygen atoms in total. The number of rotatable bonds is 5. The van der Waals surface area contributed by atoms with E-state index in [9.17, 15) is 0 Å². The van der Waals surface area contributed by atoms with E-state index in [4.69, 9.17) is 4.74 Å². The van der Waals surface area contributed by atoms with Gasteiger partial charge >= 0.3 is 0 Å². The van der Waals surface area contributed by atoms with Crippen LogP contribution in [0, 0.1) is 5.92 Å². The largest absolute Gasteiger partial charge is 0.378 e. The summed E-state index contributed by atoms with van der Waals surface area (Å²) in [5, 5.41) is 7.53. The minimum absolute atomic E-state index is 0.390. The highest BCUT2D eigenvalue weighted by atomic mass is 16.5. The van der Waals surface area contributed by atoms with Crippen LogP contribution < -0.4 is 5.32 Å². The summed E-state index contributed by atoms with van der Waals surface area (Å²) in [7, 11) is 3.96. The normalized spacial score (nSPS) is 26.3. The Bertz CT molecular complexity index is 352. The van der Waals surface area contributed by atoms with E-state index in [1.165, 1.54) is 0 Å². The van der Waals surface area contributed by atoms with E-state index in [-0.39, 0.29) is 0 Å². The number of nitrogens with one attached hydrogen (secondary N) is 1. The SMILES string of the molecule is CCC1OCCC1C(Cc1ncnn1C)NC. The molecule has 0 aromatic carbocycles. The highest BCUT2D eigenvalue weighted by Crippen LogP contribution is 2.27. The zero-order chi connectivity index (χ0) is 12.3. The molecule has 0 spiro atoms.